The van der Waals surface area contributed by atoms with E-state index in [-0.39, 0.29) is 6.04 Å². The van der Waals surface area contributed by atoms with Gasteiger partial charge in [-0.05, 0) is 53.9 Å². The molecule has 2 rings (SSSR count). The number of benzene rings is 1. The smallest absolute Gasteiger partial charge is 0.124 e. The molecule has 0 fully saturated rings. The average molecular weight is 326 g/mol. The Morgan fingerprint density at radius 3 is 2.72 bits per heavy atom. The summed E-state index contributed by atoms with van der Waals surface area (Å²) < 4.78 is 6.67. The van der Waals surface area contributed by atoms with Gasteiger partial charge in [0.05, 0.1) is 12.6 Å². The van der Waals surface area contributed by atoms with Crippen LogP contribution >= 0.6 is 27.3 Å². The molecule has 2 nitrogen and oxygen atoms in total. The van der Waals surface area contributed by atoms with Crippen molar-refractivity contribution in [3.63, 3.8) is 0 Å². The molecule has 0 aliphatic carbocycles. The summed E-state index contributed by atoms with van der Waals surface area (Å²) in [5, 5.41) is 4.23. The Morgan fingerprint density at radius 1 is 1.33 bits per heavy atom. The lowest BCUT2D eigenvalue weighted by molar-refractivity contribution is 0.335. The first kappa shape index (κ1) is 13.6. The molecule has 0 radical (unpaired) electrons. The van der Waals surface area contributed by atoms with Gasteiger partial charge in [-0.25, -0.2) is 0 Å². The SMILES string of the molecule is CCOc1ccc(Br)cc1C(N)c1cscc1C. The first-order valence-electron chi connectivity index (χ1n) is 5.84. The Bertz CT molecular complexity index is 538. The average Bonchev–Trinajstić information content (AvgIpc) is 2.77. The second kappa shape index (κ2) is 5.87. The molecular weight excluding hydrogens is 310 g/mol. The molecule has 1 aromatic carbocycles. The van der Waals surface area contributed by atoms with Crippen LogP contribution in [0.1, 0.15) is 29.7 Å². The molecule has 1 aromatic heterocycles. The van der Waals surface area contributed by atoms with E-state index in [4.69, 9.17) is 10.5 Å². The van der Waals surface area contributed by atoms with Gasteiger partial charge in [-0.3, -0.25) is 0 Å². The Balaban J connectivity index is 2.43. The third-order valence-corrected chi connectivity index (χ3v) is 4.21. The first-order valence-corrected chi connectivity index (χ1v) is 7.57. The van der Waals surface area contributed by atoms with Gasteiger partial charge in [0.1, 0.15) is 5.75 Å². The quantitative estimate of drug-likeness (QED) is 0.911. The second-order valence-corrected chi connectivity index (χ2v) is 5.76. The molecule has 0 aliphatic rings. The van der Waals surface area contributed by atoms with E-state index < -0.39 is 0 Å². The van der Waals surface area contributed by atoms with E-state index in [9.17, 15) is 0 Å². The van der Waals surface area contributed by atoms with Crippen molar-refractivity contribution in [2.24, 2.45) is 5.73 Å². The Hall–Kier alpha value is -0.840. The van der Waals surface area contributed by atoms with Gasteiger partial charge in [-0.2, -0.15) is 11.3 Å². The van der Waals surface area contributed by atoms with Gasteiger partial charge in [0.2, 0.25) is 0 Å². The minimum Gasteiger partial charge on any atom is -0.494 e. The van der Waals surface area contributed by atoms with Gasteiger partial charge in [-0.1, -0.05) is 15.9 Å². The lowest BCUT2D eigenvalue weighted by Crippen LogP contribution is -2.14. The number of hydrogen-bond acceptors (Lipinski definition) is 3. The molecule has 4 heteroatoms. The Morgan fingerprint density at radius 2 is 2.11 bits per heavy atom. The van der Waals surface area contributed by atoms with Crippen LogP contribution < -0.4 is 10.5 Å². The van der Waals surface area contributed by atoms with Crippen molar-refractivity contribution >= 4 is 27.3 Å². The number of ether oxygens (including phenoxy) is 1. The first-order chi connectivity index (χ1) is 8.63. The summed E-state index contributed by atoms with van der Waals surface area (Å²) in [6.07, 6.45) is 0. The van der Waals surface area contributed by atoms with Gasteiger partial charge < -0.3 is 10.5 Å². The lowest BCUT2D eigenvalue weighted by Gasteiger charge is -2.17. The maximum Gasteiger partial charge on any atom is 0.124 e. The predicted octanol–water partition coefficient (Wildman–Crippen LogP) is 4.27. The van der Waals surface area contributed by atoms with E-state index in [1.165, 1.54) is 11.1 Å². The van der Waals surface area contributed by atoms with Crippen LogP contribution in [0.2, 0.25) is 0 Å². The van der Waals surface area contributed by atoms with E-state index >= 15 is 0 Å². The molecule has 2 N–H and O–H groups in total. The van der Waals surface area contributed by atoms with E-state index in [0.29, 0.717) is 6.61 Å². The van der Waals surface area contributed by atoms with Crippen molar-refractivity contribution in [2.75, 3.05) is 6.61 Å². The Kier molecular flexibility index (Phi) is 4.43. The minimum absolute atomic E-state index is 0.143. The zero-order chi connectivity index (χ0) is 13.1. The van der Waals surface area contributed by atoms with Gasteiger partial charge in [0, 0.05) is 10.0 Å². The normalized spacial score (nSPS) is 12.4. The highest BCUT2D eigenvalue weighted by Crippen LogP contribution is 2.33. The van der Waals surface area contributed by atoms with Crippen LogP contribution in [0.3, 0.4) is 0 Å². The molecule has 0 saturated carbocycles. The maximum absolute atomic E-state index is 6.37. The van der Waals surface area contributed by atoms with Crippen LogP contribution in [0.15, 0.2) is 33.4 Å². The maximum atomic E-state index is 6.37. The third kappa shape index (κ3) is 2.76. The van der Waals surface area contributed by atoms with Gasteiger partial charge in [-0.15, -0.1) is 0 Å². The molecule has 0 bridgehead atoms. The van der Waals surface area contributed by atoms with Crippen molar-refractivity contribution in [3.8, 4) is 5.75 Å². The molecule has 0 saturated heterocycles. The highest BCUT2D eigenvalue weighted by atomic mass is 79.9. The largest absolute Gasteiger partial charge is 0.494 e. The zero-order valence-corrected chi connectivity index (χ0v) is 12.8. The summed E-state index contributed by atoms with van der Waals surface area (Å²) in [5.74, 6) is 0.860. The fourth-order valence-electron chi connectivity index (χ4n) is 1.91. The van der Waals surface area contributed by atoms with E-state index in [2.05, 4.69) is 33.6 Å². The van der Waals surface area contributed by atoms with Crippen LogP contribution in [0.4, 0.5) is 0 Å². The van der Waals surface area contributed by atoms with Crippen molar-refractivity contribution in [2.45, 2.75) is 19.9 Å². The second-order valence-electron chi connectivity index (χ2n) is 4.10. The summed E-state index contributed by atoms with van der Waals surface area (Å²) in [5.41, 5.74) is 9.79. The lowest BCUT2D eigenvalue weighted by atomic mass is 9.98. The predicted molar refractivity (Wildman–Crippen MR) is 80.4 cm³/mol. The molecule has 18 heavy (non-hydrogen) atoms. The number of halogens is 1. The monoisotopic (exact) mass is 325 g/mol. The molecule has 2 aromatic rings. The van der Waals surface area contributed by atoms with E-state index in [1.807, 2.05) is 25.1 Å². The number of rotatable bonds is 4. The standard InChI is InChI=1S/C14H16BrNOS/c1-3-17-13-5-4-10(15)6-11(13)14(16)12-8-18-7-9(12)2/h4-8,14H,3,16H2,1-2H3. The van der Waals surface area contributed by atoms with Crippen LogP contribution in [-0.4, -0.2) is 6.61 Å². The summed E-state index contributed by atoms with van der Waals surface area (Å²) in [7, 11) is 0. The van der Waals surface area contributed by atoms with Crippen molar-refractivity contribution in [1.82, 2.24) is 0 Å². The Labute approximate surface area is 120 Å². The summed E-state index contributed by atoms with van der Waals surface area (Å²) in [6.45, 7) is 4.71. The van der Waals surface area contributed by atoms with Gasteiger partial charge in [0.15, 0.2) is 0 Å². The molecule has 0 aliphatic heterocycles. The van der Waals surface area contributed by atoms with Crippen molar-refractivity contribution in [3.05, 3.63) is 50.1 Å². The zero-order valence-electron chi connectivity index (χ0n) is 10.4. The fourth-order valence-corrected chi connectivity index (χ4v) is 3.17. The molecule has 1 heterocycles. The minimum atomic E-state index is -0.143. The molecule has 1 atom stereocenters. The van der Waals surface area contributed by atoms with Crippen LogP contribution in [0.5, 0.6) is 5.75 Å². The van der Waals surface area contributed by atoms with Crippen LogP contribution in [-0.2, 0) is 0 Å². The number of nitrogens with two attached hydrogens (primary N) is 1. The summed E-state index contributed by atoms with van der Waals surface area (Å²) in [6, 6.07) is 5.83. The van der Waals surface area contributed by atoms with Crippen LogP contribution in [0, 0.1) is 6.92 Å². The highest BCUT2D eigenvalue weighted by molar-refractivity contribution is 9.10. The number of aryl methyl sites for hydroxylation is 1. The molecule has 1 unspecified atom stereocenters. The highest BCUT2D eigenvalue weighted by Gasteiger charge is 2.17. The molecule has 0 spiro atoms. The van der Waals surface area contributed by atoms with E-state index in [0.717, 1.165) is 15.8 Å². The van der Waals surface area contributed by atoms with Gasteiger partial charge >= 0.3 is 0 Å². The fraction of sp³-hybridized carbons (Fsp3) is 0.286. The molecule has 96 valence electrons. The topological polar surface area (TPSA) is 35.2 Å². The summed E-state index contributed by atoms with van der Waals surface area (Å²) >= 11 is 5.17. The summed E-state index contributed by atoms with van der Waals surface area (Å²) in [4.78, 5) is 0. The van der Waals surface area contributed by atoms with Gasteiger partial charge in [0.25, 0.3) is 0 Å². The molecule has 0 amide bonds. The van der Waals surface area contributed by atoms with Crippen LogP contribution in [0.25, 0.3) is 0 Å². The van der Waals surface area contributed by atoms with Crippen molar-refractivity contribution < 1.29 is 4.74 Å². The van der Waals surface area contributed by atoms with E-state index in [1.54, 1.807) is 11.3 Å². The third-order valence-electron chi connectivity index (χ3n) is 2.84. The number of hydrogen-bond donors (Lipinski definition) is 1. The number of thiophene rings is 1. The van der Waals surface area contributed by atoms with Crippen molar-refractivity contribution in [1.29, 1.82) is 0 Å². The molecular formula is C14H16BrNOS.